The second-order valence-corrected chi connectivity index (χ2v) is 6.65. The molecule has 1 saturated carbocycles. The highest BCUT2D eigenvalue weighted by Crippen LogP contribution is 2.32. The summed E-state index contributed by atoms with van der Waals surface area (Å²) < 4.78 is 3.50. The van der Waals surface area contributed by atoms with Crippen LogP contribution in [0.3, 0.4) is 0 Å². The van der Waals surface area contributed by atoms with E-state index < -0.39 is 5.97 Å². The van der Waals surface area contributed by atoms with Crippen LogP contribution in [0.1, 0.15) is 48.5 Å². The minimum Gasteiger partial charge on any atom is -0.478 e. The van der Waals surface area contributed by atoms with Crippen LogP contribution in [0.25, 0.3) is 21.8 Å². The van der Waals surface area contributed by atoms with Gasteiger partial charge in [0.05, 0.1) is 5.56 Å². The number of hydrogen-bond donors (Lipinski definition) is 1. The minimum absolute atomic E-state index is 0.0828. The normalized spacial score (nSPS) is 16.0. The first-order chi connectivity index (χ1) is 11.6. The van der Waals surface area contributed by atoms with Crippen molar-refractivity contribution >= 4 is 27.8 Å². The fraction of sp³-hybridized carbons (Fsp3) is 0.368. The molecule has 1 fully saturated rings. The molecule has 0 atom stereocenters. The van der Waals surface area contributed by atoms with Crippen LogP contribution in [-0.2, 0) is 7.05 Å². The second-order valence-electron chi connectivity index (χ2n) is 6.65. The van der Waals surface area contributed by atoms with Crippen molar-refractivity contribution in [3.63, 3.8) is 0 Å². The second kappa shape index (κ2) is 5.51. The molecule has 0 radical (unpaired) electrons. The molecule has 124 valence electrons. The lowest BCUT2D eigenvalue weighted by Gasteiger charge is -2.24. The average molecular weight is 324 g/mol. The molecule has 0 saturated heterocycles. The highest BCUT2D eigenvalue weighted by Gasteiger charge is 2.24. The van der Waals surface area contributed by atoms with Gasteiger partial charge in [-0.25, -0.2) is 4.79 Å². The first-order valence-corrected chi connectivity index (χ1v) is 8.45. The van der Waals surface area contributed by atoms with Gasteiger partial charge in [-0.1, -0.05) is 37.5 Å². The Morgan fingerprint density at radius 1 is 1.17 bits per heavy atom. The molecule has 0 bridgehead atoms. The van der Waals surface area contributed by atoms with Crippen molar-refractivity contribution in [2.45, 2.75) is 38.1 Å². The number of carboxylic acids is 1. The summed E-state index contributed by atoms with van der Waals surface area (Å²) in [6.45, 7) is 0. The van der Waals surface area contributed by atoms with Gasteiger partial charge in [0.2, 0.25) is 0 Å². The summed E-state index contributed by atoms with van der Waals surface area (Å²) in [6.07, 6.45) is 6.81. The van der Waals surface area contributed by atoms with Crippen LogP contribution in [0.4, 0.5) is 0 Å². The highest BCUT2D eigenvalue weighted by atomic mass is 16.4. The van der Waals surface area contributed by atoms with Crippen LogP contribution in [0.5, 0.6) is 0 Å². The van der Waals surface area contributed by atoms with E-state index in [-0.39, 0.29) is 17.2 Å². The van der Waals surface area contributed by atoms with Crippen molar-refractivity contribution < 1.29 is 9.90 Å². The number of hydrogen-bond acceptors (Lipinski definition) is 2. The number of benzene rings is 1. The van der Waals surface area contributed by atoms with Gasteiger partial charge in [0, 0.05) is 35.6 Å². The summed E-state index contributed by atoms with van der Waals surface area (Å²) in [5.41, 5.74) is 1.50. The Balaban J connectivity index is 2.12. The zero-order valence-electron chi connectivity index (χ0n) is 13.7. The summed E-state index contributed by atoms with van der Waals surface area (Å²) in [5.74, 6) is -0.985. The molecule has 1 aromatic carbocycles. The quantitative estimate of drug-likeness (QED) is 0.782. The third-order valence-electron chi connectivity index (χ3n) is 5.28. The SMILES string of the molecule is Cn1c2ccccc2c2c(C(=O)O)cn(C3CCCCC3)c(=O)c21. The molecule has 0 aliphatic heterocycles. The summed E-state index contributed by atoms with van der Waals surface area (Å²) in [6, 6.07) is 7.69. The molecule has 1 N–H and O–H groups in total. The van der Waals surface area contributed by atoms with E-state index in [2.05, 4.69) is 0 Å². The number of rotatable bonds is 2. The largest absolute Gasteiger partial charge is 0.478 e. The highest BCUT2D eigenvalue weighted by molar-refractivity contribution is 6.16. The molecule has 1 aliphatic carbocycles. The molecule has 1 aliphatic rings. The smallest absolute Gasteiger partial charge is 0.337 e. The Labute approximate surface area is 139 Å². The zero-order chi connectivity index (χ0) is 16.8. The third-order valence-corrected chi connectivity index (χ3v) is 5.28. The number of nitrogens with zero attached hydrogens (tertiary/aromatic N) is 2. The molecule has 2 aromatic heterocycles. The Hall–Kier alpha value is -2.56. The van der Waals surface area contributed by atoms with Crippen molar-refractivity contribution in [1.82, 2.24) is 9.13 Å². The van der Waals surface area contributed by atoms with Crippen molar-refractivity contribution in [3.8, 4) is 0 Å². The fourth-order valence-corrected chi connectivity index (χ4v) is 4.09. The van der Waals surface area contributed by atoms with Gasteiger partial charge >= 0.3 is 5.97 Å². The van der Waals surface area contributed by atoms with E-state index in [0.29, 0.717) is 10.9 Å². The lowest BCUT2D eigenvalue weighted by Crippen LogP contribution is -2.28. The van der Waals surface area contributed by atoms with Gasteiger partial charge < -0.3 is 14.2 Å². The number of fused-ring (bicyclic) bond motifs is 3. The maximum absolute atomic E-state index is 13.1. The van der Waals surface area contributed by atoms with Gasteiger partial charge in [-0.3, -0.25) is 4.79 Å². The van der Waals surface area contributed by atoms with E-state index >= 15 is 0 Å². The van der Waals surface area contributed by atoms with Crippen molar-refractivity contribution in [2.24, 2.45) is 7.05 Å². The number of aromatic nitrogens is 2. The zero-order valence-corrected chi connectivity index (χ0v) is 13.7. The minimum atomic E-state index is -0.985. The van der Waals surface area contributed by atoms with E-state index in [1.165, 1.54) is 6.42 Å². The van der Waals surface area contributed by atoms with Crippen molar-refractivity contribution in [2.75, 3.05) is 0 Å². The van der Waals surface area contributed by atoms with Crippen LogP contribution in [0.2, 0.25) is 0 Å². The monoisotopic (exact) mass is 324 g/mol. The Morgan fingerprint density at radius 3 is 2.58 bits per heavy atom. The van der Waals surface area contributed by atoms with Crippen LogP contribution >= 0.6 is 0 Å². The van der Waals surface area contributed by atoms with Gasteiger partial charge in [-0.05, 0) is 18.9 Å². The number of carboxylic acid groups (broad SMARTS) is 1. The van der Waals surface area contributed by atoms with Crippen LogP contribution < -0.4 is 5.56 Å². The van der Waals surface area contributed by atoms with Gasteiger partial charge in [0.1, 0.15) is 5.52 Å². The molecule has 5 nitrogen and oxygen atoms in total. The van der Waals surface area contributed by atoms with E-state index in [1.54, 1.807) is 10.8 Å². The van der Waals surface area contributed by atoms with Crippen LogP contribution in [-0.4, -0.2) is 20.2 Å². The molecular formula is C19H20N2O3. The predicted octanol–water partition coefficient (Wildman–Crippen LogP) is 3.70. The lowest BCUT2D eigenvalue weighted by atomic mass is 9.95. The van der Waals surface area contributed by atoms with Gasteiger partial charge in [-0.15, -0.1) is 0 Å². The molecule has 0 unspecified atom stereocenters. The average Bonchev–Trinajstić information content (AvgIpc) is 2.90. The topological polar surface area (TPSA) is 64.2 Å². The number of para-hydroxylation sites is 1. The molecule has 0 spiro atoms. The molecule has 2 heterocycles. The molecule has 5 heteroatoms. The molecule has 24 heavy (non-hydrogen) atoms. The Bertz CT molecular complexity index is 1010. The predicted molar refractivity (Wildman–Crippen MR) is 93.8 cm³/mol. The Kier molecular flexibility index (Phi) is 3.44. The number of carbonyl (C=O) groups is 1. The van der Waals surface area contributed by atoms with E-state index in [9.17, 15) is 14.7 Å². The summed E-state index contributed by atoms with van der Waals surface area (Å²) >= 11 is 0. The van der Waals surface area contributed by atoms with Gasteiger partial charge in [-0.2, -0.15) is 0 Å². The summed E-state index contributed by atoms with van der Waals surface area (Å²) in [7, 11) is 1.84. The molecular weight excluding hydrogens is 304 g/mol. The van der Waals surface area contributed by atoms with Crippen molar-refractivity contribution in [1.29, 1.82) is 0 Å². The Morgan fingerprint density at radius 2 is 1.88 bits per heavy atom. The summed E-state index contributed by atoms with van der Waals surface area (Å²) in [4.78, 5) is 25.0. The number of aryl methyl sites for hydroxylation is 1. The lowest BCUT2D eigenvalue weighted by molar-refractivity contribution is 0.0698. The van der Waals surface area contributed by atoms with Crippen molar-refractivity contribution in [3.05, 3.63) is 46.4 Å². The first-order valence-electron chi connectivity index (χ1n) is 8.45. The molecule has 3 aromatic rings. The summed E-state index contributed by atoms with van der Waals surface area (Å²) in [5, 5.41) is 11.1. The molecule has 4 rings (SSSR count). The standard InChI is InChI=1S/C19H20N2O3/c1-20-15-10-6-5-9-13(15)16-14(19(23)24)11-21(18(22)17(16)20)12-7-3-2-4-8-12/h5-6,9-12H,2-4,7-8H2,1H3,(H,23,24). The maximum atomic E-state index is 13.1. The maximum Gasteiger partial charge on any atom is 0.337 e. The van der Waals surface area contributed by atoms with Gasteiger partial charge in [0.25, 0.3) is 5.56 Å². The van der Waals surface area contributed by atoms with E-state index in [0.717, 1.165) is 36.6 Å². The van der Waals surface area contributed by atoms with Crippen LogP contribution in [0.15, 0.2) is 35.3 Å². The third kappa shape index (κ3) is 2.08. The van der Waals surface area contributed by atoms with E-state index in [4.69, 9.17) is 0 Å². The molecule has 0 amide bonds. The first kappa shape index (κ1) is 15.0. The van der Waals surface area contributed by atoms with Gasteiger partial charge in [0.15, 0.2) is 0 Å². The van der Waals surface area contributed by atoms with E-state index in [1.807, 2.05) is 35.9 Å². The number of aromatic carboxylic acids is 1. The number of pyridine rings is 1. The fourth-order valence-electron chi connectivity index (χ4n) is 4.09. The van der Waals surface area contributed by atoms with Crippen LogP contribution in [0, 0.1) is 0 Å².